The Balaban J connectivity index is 2.08. The zero-order valence-corrected chi connectivity index (χ0v) is 12.9. The lowest BCUT2D eigenvalue weighted by molar-refractivity contribution is 0.351. The molecule has 4 heteroatoms. The minimum atomic E-state index is 0.0191. The van der Waals surface area contributed by atoms with Gasteiger partial charge in [-0.25, -0.2) is 0 Å². The maximum absolute atomic E-state index is 6.27. The Kier molecular flexibility index (Phi) is 4.04. The van der Waals surface area contributed by atoms with Gasteiger partial charge in [0.2, 0.25) is 0 Å². The Hall–Kier alpha value is -1.71. The number of ether oxygens (including phenoxy) is 2. The lowest BCUT2D eigenvalue weighted by atomic mass is 9.95. The molecule has 1 N–H and O–H groups in total. The summed E-state index contributed by atoms with van der Waals surface area (Å²) in [5.74, 6) is 1.80. The monoisotopic (exact) mass is 303 g/mol. The van der Waals surface area contributed by atoms with Gasteiger partial charge in [-0.2, -0.15) is 0 Å². The number of benzene rings is 2. The molecular formula is C17H18ClNO2. The highest BCUT2D eigenvalue weighted by molar-refractivity contribution is 6.30. The first-order chi connectivity index (χ1) is 10.2. The first kappa shape index (κ1) is 14.2. The van der Waals surface area contributed by atoms with Gasteiger partial charge in [0.25, 0.3) is 0 Å². The average molecular weight is 304 g/mol. The number of hydrogen-bond acceptors (Lipinski definition) is 3. The Morgan fingerprint density at radius 3 is 2.90 bits per heavy atom. The molecular weight excluding hydrogens is 286 g/mol. The van der Waals surface area contributed by atoms with Crippen LogP contribution in [-0.2, 0) is 6.42 Å². The topological polar surface area (TPSA) is 30.5 Å². The molecule has 110 valence electrons. The van der Waals surface area contributed by atoms with Crippen LogP contribution in [-0.4, -0.2) is 20.8 Å². The zero-order valence-electron chi connectivity index (χ0n) is 12.2. The third-order valence-corrected chi connectivity index (χ3v) is 4.02. The minimum absolute atomic E-state index is 0.0191. The molecule has 0 radical (unpaired) electrons. The van der Waals surface area contributed by atoms with E-state index in [0.717, 1.165) is 40.7 Å². The fourth-order valence-corrected chi connectivity index (χ4v) is 3.08. The van der Waals surface area contributed by atoms with Crippen molar-refractivity contribution < 1.29 is 9.47 Å². The first-order valence-electron chi connectivity index (χ1n) is 6.99. The number of methoxy groups -OCH3 is 1. The van der Waals surface area contributed by atoms with Crippen LogP contribution in [0.5, 0.6) is 11.5 Å². The van der Waals surface area contributed by atoms with E-state index in [0.29, 0.717) is 0 Å². The third kappa shape index (κ3) is 2.71. The molecule has 0 saturated heterocycles. The van der Waals surface area contributed by atoms with Gasteiger partial charge in [0.1, 0.15) is 11.5 Å². The van der Waals surface area contributed by atoms with E-state index in [9.17, 15) is 0 Å². The molecule has 0 aromatic heterocycles. The number of fused-ring (bicyclic) bond motifs is 1. The van der Waals surface area contributed by atoms with Crippen molar-refractivity contribution in [3.05, 3.63) is 58.1 Å². The number of nitrogens with one attached hydrogen (secondary N) is 1. The standard InChI is InChI=1S/C17H18ClNO2/c1-19-16(11-4-3-5-14(9-11)20-2)15-10-13(18)8-12-6-7-21-17(12)15/h3-5,8-10,16,19H,6-7H2,1-2H3. The quantitative estimate of drug-likeness (QED) is 0.936. The largest absolute Gasteiger partial charge is 0.497 e. The molecule has 3 nitrogen and oxygen atoms in total. The van der Waals surface area contributed by atoms with E-state index in [4.69, 9.17) is 21.1 Å². The Bertz CT molecular complexity index is 657. The summed E-state index contributed by atoms with van der Waals surface area (Å²) in [6.07, 6.45) is 0.914. The molecule has 0 fully saturated rings. The van der Waals surface area contributed by atoms with E-state index in [1.165, 1.54) is 5.56 Å². The van der Waals surface area contributed by atoms with Gasteiger partial charge in [-0.15, -0.1) is 0 Å². The predicted molar refractivity (Wildman–Crippen MR) is 84.5 cm³/mol. The van der Waals surface area contributed by atoms with Crippen molar-refractivity contribution in [3.63, 3.8) is 0 Å². The maximum Gasteiger partial charge on any atom is 0.127 e. The van der Waals surface area contributed by atoms with Crippen LogP contribution in [0.4, 0.5) is 0 Å². The summed E-state index contributed by atoms with van der Waals surface area (Å²) in [6.45, 7) is 0.719. The van der Waals surface area contributed by atoms with E-state index < -0.39 is 0 Å². The Morgan fingerprint density at radius 2 is 2.14 bits per heavy atom. The van der Waals surface area contributed by atoms with Gasteiger partial charge in [0.15, 0.2) is 0 Å². The smallest absolute Gasteiger partial charge is 0.127 e. The highest BCUT2D eigenvalue weighted by atomic mass is 35.5. The Morgan fingerprint density at radius 1 is 1.29 bits per heavy atom. The van der Waals surface area contributed by atoms with E-state index >= 15 is 0 Å². The van der Waals surface area contributed by atoms with Crippen LogP contribution in [0.25, 0.3) is 0 Å². The average Bonchev–Trinajstić information content (AvgIpc) is 2.96. The van der Waals surface area contributed by atoms with Crippen LogP contribution < -0.4 is 14.8 Å². The second-order valence-corrected chi connectivity index (χ2v) is 5.52. The van der Waals surface area contributed by atoms with Gasteiger partial charge in [-0.1, -0.05) is 23.7 Å². The van der Waals surface area contributed by atoms with Crippen molar-refractivity contribution in [3.8, 4) is 11.5 Å². The summed E-state index contributed by atoms with van der Waals surface area (Å²) in [4.78, 5) is 0. The molecule has 2 aromatic rings. The van der Waals surface area contributed by atoms with Crippen molar-refractivity contribution in [2.45, 2.75) is 12.5 Å². The molecule has 21 heavy (non-hydrogen) atoms. The highest BCUT2D eigenvalue weighted by Gasteiger charge is 2.23. The molecule has 0 aliphatic carbocycles. The third-order valence-electron chi connectivity index (χ3n) is 3.80. The van der Waals surface area contributed by atoms with Crippen molar-refractivity contribution in [1.82, 2.24) is 5.32 Å². The second kappa shape index (κ2) is 5.96. The number of hydrogen-bond donors (Lipinski definition) is 1. The van der Waals surface area contributed by atoms with Gasteiger partial charge >= 0.3 is 0 Å². The van der Waals surface area contributed by atoms with Crippen molar-refractivity contribution in [1.29, 1.82) is 0 Å². The SMILES string of the molecule is CNC(c1cccc(OC)c1)c1cc(Cl)cc2c1OCC2. The molecule has 1 unspecified atom stereocenters. The molecule has 2 aromatic carbocycles. The lowest BCUT2D eigenvalue weighted by Gasteiger charge is -2.20. The molecule has 0 saturated carbocycles. The van der Waals surface area contributed by atoms with Crippen molar-refractivity contribution in [2.24, 2.45) is 0 Å². The highest BCUT2D eigenvalue weighted by Crippen LogP contribution is 2.38. The predicted octanol–water partition coefficient (Wildman–Crippen LogP) is 3.59. The fraction of sp³-hybridized carbons (Fsp3) is 0.294. The zero-order chi connectivity index (χ0) is 14.8. The molecule has 3 rings (SSSR count). The fourth-order valence-electron chi connectivity index (χ4n) is 2.84. The number of rotatable bonds is 4. The molecule has 1 atom stereocenters. The summed E-state index contributed by atoms with van der Waals surface area (Å²) in [7, 11) is 3.61. The van der Waals surface area contributed by atoms with Gasteiger partial charge in [-0.3, -0.25) is 0 Å². The van der Waals surface area contributed by atoms with Crippen LogP contribution in [0.3, 0.4) is 0 Å². The number of halogens is 1. The van der Waals surface area contributed by atoms with E-state index in [1.807, 2.05) is 37.4 Å². The van der Waals surface area contributed by atoms with Gasteiger partial charge in [-0.05, 0) is 42.4 Å². The molecule has 1 aliphatic rings. The second-order valence-electron chi connectivity index (χ2n) is 5.08. The van der Waals surface area contributed by atoms with E-state index in [2.05, 4.69) is 11.4 Å². The molecule has 1 aliphatic heterocycles. The summed E-state index contributed by atoms with van der Waals surface area (Å²) in [5.41, 5.74) is 3.38. The van der Waals surface area contributed by atoms with Crippen LogP contribution in [0, 0.1) is 0 Å². The van der Waals surface area contributed by atoms with Gasteiger partial charge in [0.05, 0.1) is 19.8 Å². The molecule has 1 heterocycles. The summed E-state index contributed by atoms with van der Waals surface area (Å²) in [6, 6.07) is 12.0. The van der Waals surface area contributed by atoms with Crippen molar-refractivity contribution in [2.75, 3.05) is 20.8 Å². The van der Waals surface area contributed by atoms with Crippen LogP contribution in [0.15, 0.2) is 36.4 Å². The summed E-state index contributed by atoms with van der Waals surface area (Å²) < 4.78 is 11.1. The maximum atomic E-state index is 6.27. The van der Waals surface area contributed by atoms with Gasteiger partial charge < -0.3 is 14.8 Å². The Labute approximate surface area is 129 Å². The molecule has 0 spiro atoms. The van der Waals surface area contributed by atoms with Gasteiger partial charge in [0, 0.05) is 17.0 Å². The van der Waals surface area contributed by atoms with Crippen LogP contribution in [0.2, 0.25) is 5.02 Å². The summed E-state index contributed by atoms with van der Waals surface area (Å²) >= 11 is 6.27. The van der Waals surface area contributed by atoms with Crippen LogP contribution >= 0.6 is 11.6 Å². The van der Waals surface area contributed by atoms with Crippen molar-refractivity contribution >= 4 is 11.6 Å². The van der Waals surface area contributed by atoms with E-state index in [1.54, 1.807) is 7.11 Å². The lowest BCUT2D eigenvalue weighted by Crippen LogP contribution is -2.18. The molecule has 0 bridgehead atoms. The summed E-state index contributed by atoms with van der Waals surface area (Å²) in [5, 5.41) is 4.10. The molecule has 0 amide bonds. The minimum Gasteiger partial charge on any atom is -0.497 e. The van der Waals surface area contributed by atoms with Crippen LogP contribution in [0.1, 0.15) is 22.7 Å². The first-order valence-corrected chi connectivity index (χ1v) is 7.37. The van der Waals surface area contributed by atoms with E-state index in [-0.39, 0.29) is 6.04 Å². The normalized spacial score (nSPS) is 14.4.